The molecule has 242 valence electrons. The minimum absolute atomic E-state index is 0.0995. The van der Waals surface area contributed by atoms with Crippen LogP contribution in [0.2, 0.25) is 0 Å². The zero-order valence-electron chi connectivity index (χ0n) is 28.2. The number of fused-ring (bicyclic) bond motifs is 1. The van der Waals surface area contributed by atoms with Gasteiger partial charge in [0.05, 0.1) is 6.61 Å². The second-order valence-electron chi connectivity index (χ2n) is 12.7. The Morgan fingerprint density at radius 1 is 0.591 bits per heavy atom. The van der Waals surface area contributed by atoms with Gasteiger partial charge in [-0.15, -0.1) is 0 Å². The lowest BCUT2D eigenvalue weighted by atomic mass is 9.97. The number of hydrogen-bond donors (Lipinski definition) is 0. The lowest BCUT2D eigenvalue weighted by Gasteiger charge is -2.14. The minimum atomic E-state index is -0.337. The number of benzene rings is 3. The molecular formula is C41H60O3. The van der Waals surface area contributed by atoms with Gasteiger partial charge >= 0.3 is 0 Å². The van der Waals surface area contributed by atoms with Crippen molar-refractivity contribution in [3.63, 3.8) is 0 Å². The molecule has 0 aliphatic carbocycles. The third kappa shape index (κ3) is 13.6. The van der Waals surface area contributed by atoms with Crippen LogP contribution in [0, 0.1) is 0 Å². The molecule has 0 fully saturated rings. The Kier molecular flexibility index (Phi) is 17.9. The maximum absolute atomic E-state index is 12.9. The second kappa shape index (κ2) is 22.0. The van der Waals surface area contributed by atoms with Crippen molar-refractivity contribution >= 4 is 16.6 Å². The van der Waals surface area contributed by atoms with E-state index in [9.17, 15) is 4.79 Å². The summed E-state index contributed by atoms with van der Waals surface area (Å²) in [5.41, 5.74) is 3.33. The fourth-order valence-electron chi connectivity index (χ4n) is 6.07. The summed E-state index contributed by atoms with van der Waals surface area (Å²) in [5.74, 6) is 1.07. The molecule has 3 nitrogen and oxygen atoms in total. The monoisotopic (exact) mass is 600 g/mol. The van der Waals surface area contributed by atoms with Crippen molar-refractivity contribution in [1.29, 1.82) is 0 Å². The predicted molar refractivity (Wildman–Crippen MR) is 188 cm³/mol. The smallest absolute Gasteiger partial charge is 0.191 e. The Balaban J connectivity index is 1.34. The summed E-state index contributed by atoms with van der Waals surface area (Å²) < 4.78 is 11.6. The van der Waals surface area contributed by atoms with Crippen LogP contribution in [0.3, 0.4) is 0 Å². The zero-order valence-corrected chi connectivity index (χ0v) is 28.2. The number of methoxy groups -OCH3 is 1. The van der Waals surface area contributed by atoms with Crippen LogP contribution in [0.1, 0.15) is 144 Å². The highest BCUT2D eigenvalue weighted by molar-refractivity contribution is 5.99. The number of Topliss-reactive ketones (excluding diaryl/α,β-unsaturated/α-hetero) is 1. The van der Waals surface area contributed by atoms with Gasteiger partial charge in [-0.25, -0.2) is 0 Å². The van der Waals surface area contributed by atoms with E-state index >= 15 is 0 Å². The first kappa shape index (κ1) is 35.8. The molecule has 0 radical (unpaired) electrons. The van der Waals surface area contributed by atoms with Crippen molar-refractivity contribution in [3.8, 4) is 5.75 Å². The first-order valence-electron chi connectivity index (χ1n) is 18.0. The lowest BCUT2D eigenvalue weighted by molar-refractivity contribution is 0.0573. The average Bonchev–Trinajstić information content (AvgIpc) is 3.06. The molecule has 0 saturated carbocycles. The maximum atomic E-state index is 12.9. The Morgan fingerprint density at radius 3 is 1.75 bits per heavy atom. The zero-order chi connectivity index (χ0) is 31.2. The molecule has 0 aliphatic heterocycles. The molecule has 1 atom stereocenters. The number of ether oxygens (including phenoxy) is 2. The molecule has 44 heavy (non-hydrogen) atoms. The van der Waals surface area contributed by atoms with Crippen LogP contribution in [0.4, 0.5) is 0 Å². The molecule has 0 aromatic heterocycles. The van der Waals surface area contributed by atoms with E-state index in [2.05, 4.69) is 62.4 Å². The molecule has 0 amide bonds. The first-order valence-corrected chi connectivity index (χ1v) is 18.0. The van der Waals surface area contributed by atoms with Gasteiger partial charge in [-0.2, -0.15) is 0 Å². The molecule has 0 heterocycles. The van der Waals surface area contributed by atoms with Crippen molar-refractivity contribution in [1.82, 2.24) is 0 Å². The Labute approximate surface area is 269 Å². The number of hydrogen-bond acceptors (Lipinski definition) is 3. The van der Waals surface area contributed by atoms with E-state index in [4.69, 9.17) is 9.47 Å². The number of unbranched alkanes of at least 4 members (excludes halogenated alkanes) is 14. The van der Waals surface area contributed by atoms with Crippen molar-refractivity contribution in [2.45, 2.75) is 142 Å². The fourth-order valence-corrected chi connectivity index (χ4v) is 6.07. The third-order valence-electron chi connectivity index (χ3n) is 8.98. The van der Waals surface area contributed by atoms with Gasteiger partial charge in [-0.1, -0.05) is 159 Å². The fraction of sp³-hybridized carbons (Fsp3) is 0.585. The number of rotatable bonds is 25. The van der Waals surface area contributed by atoms with Gasteiger partial charge in [0.15, 0.2) is 5.78 Å². The summed E-state index contributed by atoms with van der Waals surface area (Å²) in [6, 6.07) is 21.3. The summed E-state index contributed by atoms with van der Waals surface area (Å²) >= 11 is 0. The van der Waals surface area contributed by atoms with E-state index < -0.39 is 0 Å². The Bertz CT molecular complexity index is 1180. The quantitative estimate of drug-likeness (QED) is 0.0717. The van der Waals surface area contributed by atoms with Crippen LogP contribution < -0.4 is 4.74 Å². The predicted octanol–water partition coefficient (Wildman–Crippen LogP) is 11.9. The molecular weight excluding hydrogens is 540 g/mol. The van der Waals surface area contributed by atoms with Crippen LogP contribution in [-0.4, -0.2) is 25.6 Å². The molecule has 3 heteroatoms. The van der Waals surface area contributed by atoms with Crippen molar-refractivity contribution < 1.29 is 14.3 Å². The van der Waals surface area contributed by atoms with Gasteiger partial charge in [-0.3, -0.25) is 4.79 Å². The first-order chi connectivity index (χ1) is 21.6. The summed E-state index contributed by atoms with van der Waals surface area (Å²) in [7, 11) is 1.65. The van der Waals surface area contributed by atoms with Crippen LogP contribution in [0.25, 0.3) is 10.8 Å². The van der Waals surface area contributed by atoms with Crippen LogP contribution in [-0.2, 0) is 17.6 Å². The van der Waals surface area contributed by atoms with E-state index in [1.807, 2.05) is 12.1 Å². The van der Waals surface area contributed by atoms with Gasteiger partial charge < -0.3 is 9.47 Å². The largest absolute Gasteiger partial charge is 0.494 e. The van der Waals surface area contributed by atoms with E-state index in [0.29, 0.717) is 0 Å². The topological polar surface area (TPSA) is 35.5 Å². The number of ketones is 1. The number of carbonyl (C=O) groups is 1. The molecule has 0 bridgehead atoms. The molecule has 0 saturated heterocycles. The molecule has 0 aliphatic rings. The highest BCUT2D eigenvalue weighted by Gasteiger charge is 2.19. The Hall–Kier alpha value is -2.65. The summed E-state index contributed by atoms with van der Waals surface area (Å²) in [6.45, 7) is 5.29. The van der Waals surface area contributed by atoms with Crippen molar-refractivity contribution in [2.75, 3.05) is 13.7 Å². The van der Waals surface area contributed by atoms with E-state index in [1.165, 1.54) is 105 Å². The number of carbonyl (C=O) groups excluding carboxylic acids is 1. The molecule has 0 spiro atoms. The van der Waals surface area contributed by atoms with Gasteiger partial charge in [0.25, 0.3) is 0 Å². The normalized spacial score (nSPS) is 12.1. The van der Waals surface area contributed by atoms with E-state index in [1.54, 1.807) is 7.11 Å². The summed E-state index contributed by atoms with van der Waals surface area (Å²) in [5, 5.41) is 2.48. The molecule has 3 rings (SSSR count). The summed E-state index contributed by atoms with van der Waals surface area (Å²) in [6.07, 6.45) is 23.3. The molecule has 3 aromatic rings. The standard InChI is InChI=1S/C41H60O3/c1-4-6-8-10-11-12-13-14-15-16-17-19-31-44-39-30-29-37-32-35(25-28-38(37)33-39)22-21-34-23-26-36(27-24-34)41(42)40(43-3)20-18-9-7-5-2/h23-30,32-33,40H,4-22,31H2,1-3H3/t40-/m1/s1. The third-order valence-corrected chi connectivity index (χ3v) is 8.98. The highest BCUT2D eigenvalue weighted by Crippen LogP contribution is 2.24. The second-order valence-corrected chi connectivity index (χ2v) is 12.7. The van der Waals surface area contributed by atoms with Crippen LogP contribution in [0.15, 0.2) is 60.7 Å². The van der Waals surface area contributed by atoms with Crippen LogP contribution in [0.5, 0.6) is 5.75 Å². The van der Waals surface area contributed by atoms with E-state index in [0.717, 1.165) is 56.4 Å². The molecule has 0 N–H and O–H groups in total. The maximum Gasteiger partial charge on any atom is 0.191 e. The lowest BCUT2D eigenvalue weighted by Crippen LogP contribution is -2.23. The van der Waals surface area contributed by atoms with E-state index in [-0.39, 0.29) is 11.9 Å². The highest BCUT2D eigenvalue weighted by atomic mass is 16.5. The minimum Gasteiger partial charge on any atom is -0.494 e. The average molecular weight is 601 g/mol. The SMILES string of the molecule is CCCCCCCCCCCCCCOc1ccc2cc(CCc3ccc(C(=O)[C@@H](CCCCCC)OC)cc3)ccc2c1. The van der Waals surface area contributed by atoms with Crippen LogP contribution >= 0.6 is 0 Å². The van der Waals surface area contributed by atoms with Crippen molar-refractivity contribution in [3.05, 3.63) is 77.4 Å². The van der Waals surface area contributed by atoms with Gasteiger partial charge in [0.1, 0.15) is 11.9 Å². The van der Waals surface area contributed by atoms with Gasteiger partial charge in [-0.05, 0) is 59.7 Å². The Morgan fingerprint density at radius 2 is 1.11 bits per heavy atom. The van der Waals surface area contributed by atoms with Gasteiger partial charge in [0, 0.05) is 12.7 Å². The molecule has 0 unspecified atom stereocenters. The summed E-state index contributed by atoms with van der Waals surface area (Å²) in [4.78, 5) is 12.9. The van der Waals surface area contributed by atoms with Crippen molar-refractivity contribution in [2.24, 2.45) is 0 Å². The number of aryl methyl sites for hydroxylation is 2. The molecule has 3 aromatic carbocycles. The van der Waals surface area contributed by atoms with Gasteiger partial charge in [0.2, 0.25) is 0 Å².